The van der Waals surface area contributed by atoms with Crippen molar-refractivity contribution in [3.63, 3.8) is 0 Å². The molecule has 3 heterocycles. The molecule has 7 nitrogen and oxygen atoms in total. The summed E-state index contributed by atoms with van der Waals surface area (Å²) in [4.78, 5) is 37.8. The number of piperidine rings is 1. The van der Waals surface area contributed by atoms with E-state index in [1.54, 1.807) is 18.3 Å². The van der Waals surface area contributed by atoms with Crippen LogP contribution in [0.4, 0.5) is 10.7 Å². The third-order valence-electron chi connectivity index (χ3n) is 7.74. The van der Waals surface area contributed by atoms with Crippen LogP contribution in [0, 0.1) is 5.92 Å². The van der Waals surface area contributed by atoms with E-state index in [-0.39, 0.29) is 11.1 Å². The van der Waals surface area contributed by atoms with Crippen LogP contribution in [0.2, 0.25) is 0 Å². The molecule has 1 N–H and O–H groups in total. The van der Waals surface area contributed by atoms with Gasteiger partial charge in [0.25, 0.3) is 11.1 Å². The van der Waals surface area contributed by atoms with Crippen LogP contribution < -0.4 is 10.2 Å². The van der Waals surface area contributed by atoms with Gasteiger partial charge in [-0.05, 0) is 64.9 Å². The van der Waals surface area contributed by atoms with Crippen molar-refractivity contribution >= 4 is 34.9 Å². The molecule has 3 aromatic carbocycles. The Bertz CT molecular complexity index is 1570. The molecule has 2 fully saturated rings. The van der Waals surface area contributed by atoms with Crippen LogP contribution in [-0.4, -0.2) is 45.6 Å². The van der Waals surface area contributed by atoms with E-state index < -0.39 is 0 Å². The smallest absolute Gasteiger partial charge is 0.290 e. The summed E-state index contributed by atoms with van der Waals surface area (Å²) in [5.41, 5.74) is 5.82. The van der Waals surface area contributed by atoms with Gasteiger partial charge in [-0.1, -0.05) is 84.9 Å². The average molecular weight is 576 g/mol. The van der Waals surface area contributed by atoms with Crippen LogP contribution in [0.15, 0.2) is 102 Å². The van der Waals surface area contributed by atoms with Crippen molar-refractivity contribution in [3.8, 4) is 11.1 Å². The second-order valence-electron chi connectivity index (χ2n) is 10.7. The van der Waals surface area contributed by atoms with Gasteiger partial charge in [0.1, 0.15) is 0 Å². The Labute approximate surface area is 250 Å². The van der Waals surface area contributed by atoms with Crippen LogP contribution in [-0.2, 0) is 17.9 Å². The molecule has 0 aliphatic carbocycles. The third-order valence-corrected chi connectivity index (χ3v) is 8.55. The van der Waals surface area contributed by atoms with E-state index in [0.717, 1.165) is 57.3 Å². The third kappa shape index (κ3) is 6.95. The number of carbonyl (C=O) groups is 2. The zero-order chi connectivity index (χ0) is 28.7. The molecule has 0 saturated carbocycles. The molecular weight excluding hydrogens is 542 g/mol. The van der Waals surface area contributed by atoms with Crippen molar-refractivity contribution in [2.75, 3.05) is 24.5 Å². The van der Waals surface area contributed by atoms with Gasteiger partial charge in [-0.2, -0.15) is 0 Å². The molecule has 8 heteroatoms. The summed E-state index contributed by atoms with van der Waals surface area (Å²) in [6.45, 7) is 4.54. The van der Waals surface area contributed by atoms with E-state index in [9.17, 15) is 9.59 Å². The highest BCUT2D eigenvalue weighted by Crippen LogP contribution is 2.28. The van der Waals surface area contributed by atoms with Gasteiger partial charge >= 0.3 is 0 Å². The summed E-state index contributed by atoms with van der Waals surface area (Å²) >= 11 is 0.899. The second-order valence-corrected chi connectivity index (χ2v) is 11.8. The number of thioether (sulfide) groups is 1. The number of imide groups is 1. The van der Waals surface area contributed by atoms with Crippen LogP contribution in [0.5, 0.6) is 0 Å². The van der Waals surface area contributed by atoms with Gasteiger partial charge in [-0.3, -0.25) is 19.8 Å². The molecule has 1 aromatic heterocycles. The molecule has 2 saturated heterocycles. The van der Waals surface area contributed by atoms with Crippen molar-refractivity contribution in [1.29, 1.82) is 0 Å². The maximum absolute atomic E-state index is 11.9. The monoisotopic (exact) mass is 575 g/mol. The molecular formula is C34H33N5O2S. The Morgan fingerprint density at radius 3 is 2.33 bits per heavy atom. The van der Waals surface area contributed by atoms with Crippen molar-refractivity contribution in [2.45, 2.75) is 25.9 Å². The fourth-order valence-electron chi connectivity index (χ4n) is 5.66. The first-order chi connectivity index (χ1) is 20.6. The van der Waals surface area contributed by atoms with Gasteiger partial charge in [0.15, 0.2) is 0 Å². The van der Waals surface area contributed by atoms with E-state index in [4.69, 9.17) is 0 Å². The Kier molecular flexibility index (Phi) is 8.72. The Morgan fingerprint density at radius 1 is 0.881 bits per heavy atom. The van der Waals surface area contributed by atoms with E-state index in [0.29, 0.717) is 22.5 Å². The maximum atomic E-state index is 11.9. The Morgan fingerprint density at radius 2 is 1.60 bits per heavy atom. The number of hydrogen-bond donors (Lipinski definition) is 1. The lowest BCUT2D eigenvalue weighted by Gasteiger charge is -2.35. The molecule has 2 aliphatic heterocycles. The first-order valence-electron chi connectivity index (χ1n) is 14.3. The zero-order valence-corrected chi connectivity index (χ0v) is 24.2. The fourth-order valence-corrected chi connectivity index (χ4v) is 6.32. The molecule has 2 amide bonds. The molecule has 212 valence electrons. The van der Waals surface area contributed by atoms with E-state index in [1.807, 2.05) is 0 Å². The van der Waals surface area contributed by atoms with Crippen LogP contribution in [0.3, 0.4) is 0 Å². The molecule has 0 spiro atoms. The van der Waals surface area contributed by atoms with Crippen LogP contribution in [0.25, 0.3) is 17.2 Å². The number of amides is 2. The number of aromatic nitrogens is 2. The largest absolute Gasteiger partial charge is 0.341 e. The van der Waals surface area contributed by atoms with Crippen molar-refractivity contribution in [1.82, 2.24) is 20.2 Å². The molecule has 6 rings (SSSR count). The van der Waals surface area contributed by atoms with Crippen LogP contribution in [0.1, 0.15) is 29.7 Å². The summed E-state index contributed by atoms with van der Waals surface area (Å²) in [5.74, 6) is 0.844. The minimum absolute atomic E-state index is 0.354. The van der Waals surface area contributed by atoms with Gasteiger partial charge < -0.3 is 4.90 Å². The number of benzene rings is 3. The standard InChI is InChI=1S/C34H33N5O2S/c40-32-31(42-34(41)37-32)21-29-15-18-35-33(36-29)39-19-16-26(17-20-39)23-38(22-25-9-3-1-4-10-25)24-28-13-7-8-14-30(28)27-11-5-2-6-12-27/h1-15,18,21,26H,16-17,19-20,22-24H2,(H,37,40,41)/b31-21-. The van der Waals surface area contributed by atoms with Gasteiger partial charge in [0, 0.05) is 38.9 Å². The van der Waals surface area contributed by atoms with E-state index >= 15 is 0 Å². The van der Waals surface area contributed by atoms with Crippen molar-refractivity contribution in [2.24, 2.45) is 5.92 Å². The Hall–Kier alpha value is -4.27. The minimum Gasteiger partial charge on any atom is -0.341 e. The Balaban J connectivity index is 1.14. The maximum Gasteiger partial charge on any atom is 0.290 e. The second kappa shape index (κ2) is 13.1. The summed E-state index contributed by atoms with van der Waals surface area (Å²) in [7, 11) is 0. The minimum atomic E-state index is -0.377. The van der Waals surface area contributed by atoms with E-state index in [1.165, 1.54) is 22.3 Å². The lowest BCUT2D eigenvalue weighted by atomic mass is 9.95. The quantitative estimate of drug-likeness (QED) is 0.232. The van der Waals surface area contributed by atoms with Crippen molar-refractivity contribution < 1.29 is 9.59 Å². The summed E-state index contributed by atoms with van der Waals surface area (Å²) < 4.78 is 0. The number of carbonyl (C=O) groups excluding carboxylic acids is 2. The molecule has 42 heavy (non-hydrogen) atoms. The zero-order valence-electron chi connectivity index (χ0n) is 23.4. The first-order valence-corrected chi connectivity index (χ1v) is 15.1. The predicted molar refractivity (Wildman–Crippen MR) is 169 cm³/mol. The highest BCUT2D eigenvalue weighted by atomic mass is 32.2. The molecule has 4 aromatic rings. The van der Waals surface area contributed by atoms with Crippen molar-refractivity contribution in [3.05, 3.63) is 119 Å². The number of nitrogens with one attached hydrogen (secondary N) is 1. The molecule has 2 aliphatic rings. The van der Waals surface area contributed by atoms with Crippen LogP contribution >= 0.6 is 11.8 Å². The molecule has 0 radical (unpaired) electrons. The number of nitrogens with zero attached hydrogens (tertiary/aromatic N) is 4. The van der Waals surface area contributed by atoms with Gasteiger partial charge in [-0.25, -0.2) is 9.97 Å². The van der Waals surface area contributed by atoms with Gasteiger partial charge in [0.05, 0.1) is 10.6 Å². The number of rotatable bonds is 9. The highest BCUT2D eigenvalue weighted by Gasteiger charge is 2.26. The highest BCUT2D eigenvalue weighted by molar-refractivity contribution is 8.18. The normalized spacial score (nSPS) is 16.8. The lowest BCUT2D eigenvalue weighted by Crippen LogP contribution is -2.39. The summed E-state index contributed by atoms with van der Waals surface area (Å²) in [6, 6.07) is 31.9. The average Bonchev–Trinajstić information content (AvgIpc) is 3.34. The predicted octanol–water partition coefficient (Wildman–Crippen LogP) is 6.39. The van der Waals surface area contributed by atoms with Gasteiger partial charge in [-0.15, -0.1) is 0 Å². The SMILES string of the molecule is O=C1NC(=O)/C(=C/c2ccnc(N3CCC(CN(Cc4ccccc4)Cc4ccccc4-c4ccccc4)CC3)n2)S1. The topological polar surface area (TPSA) is 78.4 Å². The first kappa shape index (κ1) is 27.9. The van der Waals surface area contributed by atoms with Gasteiger partial charge in [0.2, 0.25) is 5.95 Å². The van der Waals surface area contributed by atoms with E-state index in [2.05, 4.69) is 110 Å². The summed E-state index contributed by atoms with van der Waals surface area (Å²) in [6.07, 6.45) is 5.46. The molecule has 0 unspecified atom stereocenters. The molecule has 0 atom stereocenters. The summed E-state index contributed by atoms with van der Waals surface area (Å²) in [5, 5.41) is 1.93. The number of anilines is 1. The number of hydrogen-bond acceptors (Lipinski definition) is 7. The lowest BCUT2D eigenvalue weighted by molar-refractivity contribution is -0.115. The molecule has 0 bridgehead atoms. The fraction of sp³-hybridized carbons (Fsp3) is 0.235.